The molecule has 3 aliphatic rings. The zero-order valence-electron chi connectivity index (χ0n) is 16.9. The monoisotopic (exact) mass is 422 g/mol. The number of alkyl halides is 3. The van der Waals surface area contributed by atoms with Gasteiger partial charge in [0.1, 0.15) is 12.7 Å². The number of hydrogen-bond donors (Lipinski definition) is 1. The van der Waals surface area contributed by atoms with Crippen molar-refractivity contribution in [2.45, 2.75) is 76.4 Å². The van der Waals surface area contributed by atoms with E-state index in [1.54, 1.807) is 0 Å². The van der Waals surface area contributed by atoms with Crippen LogP contribution in [0.5, 0.6) is 0 Å². The molecule has 3 rings (SSSR count). The van der Waals surface area contributed by atoms with Crippen molar-refractivity contribution in [1.29, 1.82) is 0 Å². The van der Waals surface area contributed by atoms with Gasteiger partial charge in [-0.2, -0.15) is 0 Å². The quantitative estimate of drug-likeness (QED) is 0.545. The van der Waals surface area contributed by atoms with Gasteiger partial charge in [-0.1, -0.05) is 13.8 Å². The molecule has 6 nitrogen and oxygen atoms in total. The molecule has 1 aliphatic heterocycles. The number of hydrogen-bond acceptors (Lipinski definition) is 6. The SMILES string of the molecule is CCC(O)(CC)C1C2CC3C(OC(=O)C31)C2OCC(=O)OCCC(F)C(C)(F)F. The Morgan fingerprint density at radius 3 is 2.55 bits per heavy atom. The summed E-state index contributed by atoms with van der Waals surface area (Å²) in [7, 11) is 0. The van der Waals surface area contributed by atoms with E-state index in [1.807, 2.05) is 13.8 Å². The minimum Gasteiger partial charge on any atom is -0.464 e. The molecule has 3 fully saturated rings. The van der Waals surface area contributed by atoms with Crippen molar-refractivity contribution in [3.05, 3.63) is 0 Å². The van der Waals surface area contributed by atoms with Gasteiger partial charge in [0.15, 0.2) is 6.17 Å². The molecule has 9 heteroatoms. The Bertz CT molecular complexity index is 632. The average molecular weight is 422 g/mol. The summed E-state index contributed by atoms with van der Waals surface area (Å²) in [5, 5.41) is 11.1. The van der Waals surface area contributed by atoms with Crippen molar-refractivity contribution in [3.8, 4) is 0 Å². The van der Waals surface area contributed by atoms with E-state index in [2.05, 4.69) is 0 Å². The molecule has 0 amide bonds. The summed E-state index contributed by atoms with van der Waals surface area (Å²) in [6.45, 7) is 3.29. The molecule has 0 radical (unpaired) electrons. The van der Waals surface area contributed by atoms with Crippen molar-refractivity contribution < 1.29 is 42.1 Å². The number of halogens is 3. The highest BCUT2D eigenvalue weighted by atomic mass is 19.3. The Balaban J connectivity index is 1.57. The first-order chi connectivity index (χ1) is 13.5. The molecule has 1 heterocycles. The van der Waals surface area contributed by atoms with Crippen LogP contribution in [-0.4, -0.2) is 60.2 Å². The van der Waals surface area contributed by atoms with Crippen molar-refractivity contribution in [2.75, 3.05) is 13.2 Å². The fourth-order valence-corrected chi connectivity index (χ4v) is 5.40. The molecule has 0 spiro atoms. The van der Waals surface area contributed by atoms with Crippen LogP contribution >= 0.6 is 0 Å². The second-order valence-corrected chi connectivity index (χ2v) is 8.54. The average Bonchev–Trinajstić information content (AvgIpc) is 3.27. The zero-order chi connectivity index (χ0) is 21.6. The Morgan fingerprint density at radius 1 is 1.31 bits per heavy atom. The summed E-state index contributed by atoms with van der Waals surface area (Å²) in [6.07, 6.45) is -2.30. The Kier molecular flexibility index (Phi) is 6.21. The lowest BCUT2D eigenvalue weighted by Gasteiger charge is -2.41. The second-order valence-electron chi connectivity index (χ2n) is 8.54. The fraction of sp³-hybridized carbons (Fsp3) is 0.900. The molecule has 0 aromatic heterocycles. The van der Waals surface area contributed by atoms with E-state index in [0.29, 0.717) is 26.2 Å². The lowest BCUT2D eigenvalue weighted by molar-refractivity contribution is -0.160. The number of esters is 2. The molecule has 2 bridgehead atoms. The van der Waals surface area contributed by atoms with E-state index < -0.39 is 55.5 Å². The molecule has 29 heavy (non-hydrogen) atoms. The van der Waals surface area contributed by atoms with Crippen molar-refractivity contribution in [3.63, 3.8) is 0 Å². The first-order valence-corrected chi connectivity index (χ1v) is 10.3. The molecule has 166 valence electrons. The maximum Gasteiger partial charge on any atom is 0.332 e. The van der Waals surface area contributed by atoms with Gasteiger partial charge in [0.25, 0.3) is 5.92 Å². The molecule has 2 aliphatic carbocycles. The van der Waals surface area contributed by atoms with E-state index in [0.717, 1.165) is 0 Å². The van der Waals surface area contributed by atoms with Gasteiger partial charge in [-0.25, -0.2) is 18.0 Å². The third kappa shape index (κ3) is 4.00. The Labute approximate surface area is 168 Å². The Morgan fingerprint density at radius 2 is 1.97 bits per heavy atom. The van der Waals surface area contributed by atoms with Gasteiger partial charge in [-0.05, 0) is 25.2 Å². The highest BCUT2D eigenvalue weighted by Crippen LogP contribution is 2.62. The first-order valence-electron chi connectivity index (χ1n) is 10.3. The zero-order valence-corrected chi connectivity index (χ0v) is 16.9. The van der Waals surface area contributed by atoms with Crippen molar-refractivity contribution in [2.24, 2.45) is 23.7 Å². The van der Waals surface area contributed by atoms with Crippen LogP contribution in [0.1, 0.15) is 46.5 Å². The molecule has 7 atom stereocenters. The highest BCUT2D eigenvalue weighted by Gasteiger charge is 2.70. The third-order valence-electron chi connectivity index (χ3n) is 6.97. The standard InChI is InChI=1S/C20H29F3O6/c1-4-20(26,5-2)15-11-8-10-14(15)18(25)29-17(10)16(11)28-9-13(24)27-7-6-12(21)19(3,22)23/h10-12,14-17,26H,4-9H2,1-3H3. The van der Waals surface area contributed by atoms with Crippen molar-refractivity contribution in [1.82, 2.24) is 0 Å². The van der Waals surface area contributed by atoms with Crippen LogP contribution in [0.15, 0.2) is 0 Å². The second kappa shape index (κ2) is 8.06. The van der Waals surface area contributed by atoms with E-state index in [9.17, 15) is 27.9 Å². The van der Waals surface area contributed by atoms with Gasteiger partial charge in [0, 0.05) is 25.2 Å². The molecule has 1 N–H and O–H groups in total. The predicted molar refractivity (Wildman–Crippen MR) is 94.8 cm³/mol. The van der Waals surface area contributed by atoms with Crippen LogP contribution in [0.25, 0.3) is 0 Å². The predicted octanol–water partition coefficient (Wildman–Crippen LogP) is 2.66. The number of rotatable bonds is 10. The summed E-state index contributed by atoms with van der Waals surface area (Å²) < 4.78 is 54.8. The summed E-state index contributed by atoms with van der Waals surface area (Å²) >= 11 is 0. The smallest absolute Gasteiger partial charge is 0.332 e. The topological polar surface area (TPSA) is 82.1 Å². The van der Waals surface area contributed by atoms with Crippen LogP contribution in [0.3, 0.4) is 0 Å². The fourth-order valence-electron chi connectivity index (χ4n) is 5.40. The molecular weight excluding hydrogens is 393 g/mol. The molecule has 0 aromatic carbocycles. The minimum atomic E-state index is -3.49. The van der Waals surface area contributed by atoms with Crippen LogP contribution < -0.4 is 0 Å². The number of aliphatic hydroxyl groups is 1. The van der Waals surface area contributed by atoms with Crippen molar-refractivity contribution >= 4 is 11.9 Å². The molecule has 0 aromatic rings. The Hall–Kier alpha value is -1.35. The minimum absolute atomic E-state index is 0.0396. The van der Waals surface area contributed by atoms with E-state index in [1.165, 1.54) is 0 Å². The van der Waals surface area contributed by atoms with Gasteiger partial charge in [-0.15, -0.1) is 0 Å². The van der Waals surface area contributed by atoms with E-state index in [4.69, 9.17) is 14.2 Å². The van der Waals surface area contributed by atoms with Gasteiger partial charge < -0.3 is 19.3 Å². The lowest BCUT2D eigenvalue weighted by Crippen LogP contribution is -2.50. The third-order valence-corrected chi connectivity index (χ3v) is 6.97. The largest absolute Gasteiger partial charge is 0.464 e. The summed E-state index contributed by atoms with van der Waals surface area (Å²) in [5.74, 6) is -5.41. The molecule has 1 saturated heterocycles. The first kappa shape index (κ1) is 22.3. The van der Waals surface area contributed by atoms with E-state index >= 15 is 0 Å². The summed E-state index contributed by atoms with van der Waals surface area (Å²) in [4.78, 5) is 24.3. The highest BCUT2D eigenvalue weighted by molar-refractivity contribution is 5.77. The van der Waals surface area contributed by atoms with Crippen LogP contribution in [0, 0.1) is 23.7 Å². The van der Waals surface area contributed by atoms with Crippen LogP contribution in [0.2, 0.25) is 0 Å². The molecule has 7 unspecified atom stereocenters. The van der Waals surface area contributed by atoms with Crippen LogP contribution in [0.4, 0.5) is 13.2 Å². The van der Waals surface area contributed by atoms with Gasteiger partial charge in [-0.3, -0.25) is 4.79 Å². The summed E-state index contributed by atoms with van der Waals surface area (Å²) in [6, 6.07) is 0. The maximum atomic E-state index is 13.2. The number of fused-ring (bicyclic) bond motifs is 1. The van der Waals surface area contributed by atoms with E-state index in [-0.39, 0.29) is 29.6 Å². The number of carbonyl (C=O) groups excluding carboxylic acids is 2. The maximum absolute atomic E-state index is 13.2. The van der Waals surface area contributed by atoms with Crippen LogP contribution in [-0.2, 0) is 23.8 Å². The molecular formula is C20H29F3O6. The van der Waals surface area contributed by atoms with Gasteiger partial charge >= 0.3 is 11.9 Å². The van der Waals surface area contributed by atoms with Gasteiger partial charge in [0.05, 0.1) is 24.2 Å². The lowest BCUT2D eigenvalue weighted by atomic mass is 9.67. The number of ether oxygens (including phenoxy) is 3. The van der Waals surface area contributed by atoms with Gasteiger partial charge in [0.2, 0.25) is 0 Å². The number of carbonyl (C=O) groups is 2. The summed E-state index contributed by atoms with van der Waals surface area (Å²) in [5.41, 5.74) is -1.01. The molecule has 2 saturated carbocycles. The normalized spacial score (nSPS) is 34.4.